The molecule has 1 aliphatic heterocycles. The second kappa shape index (κ2) is 9.30. The van der Waals surface area contributed by atoms with Crippen molar-refractivity contribution >= 4 is 50.9 Å². The number of aryl methyl sites for hydroxylation is 2. The third-order valence-electron chi connectivity index (χ3n) is 7.03. The first-order valence-electron chi connectivity index (χ1n) is 12.5. The van der Waals surface area contributed by atoms with Gasteiger partial charge in [0.1, 0.15) is 12.0 Å². The summed E-state index contributed by atoms with van der Waals surface area (Å²) in [5.41, 5.74) is 8.64. The third kappa shape index (κ3) is 3.92. The fraction of sp³-hybridized carbons (Fsp3) is 0.308. The van der Waals surface area contributed by atoms with Crippen molar-refractivity contribution in [2.75, 3.05) is 11.9 Å². The lowest BCUT2D eigenvalue weighted by atomic mass is 10.1. The van der Waals surface area contributed by atoms with Crippen molar-refractivity contribution in [3.8, 4) is 10.4 Å². The number of amides is 2. The number of fused-ring (bicyclic) bond motifs is 2. The number of aromatic amines is 1. The van der Waals surface area contributed by atoms with Crippen LogP contribution in [0.2, 0.25) is 0 Å². The van der Waals surface area contributed by atoms with Crippen LogP contribution in [0.15, 0.2) is 41.5 Å². The maximum atomic E-state index is 13.2. The summed E-state index contributed by atoms with van der Waals surface area (Å²) in [4.78, 5) is 42.7. The van der Waals surface area contributed by atoms with E-state index < -0.39 is 5.91 Å². The standard InChI is InChI=1S/C26H27N7O4S/c1-3-32-18-11-16-15(10-17(18)31(2)26(32)36)22(23(27)34)24(29-16)30-25(35)20-8-7-19(38-20)14-12-28-33(13-14)21-6-4-5-9-37-21/h7-8,10-13,21,29H,3-6,9H2,1-2H3,(H2,27,34)(H,30,35). The summed E-state index contributed by atoms with van der Waals surface area (Å²) in [6.45, 7) is 3.13. The lowest BCUT2D eigenvalue weighted by Gasteiger charge is -2.22. The van der Waals surface area contributed by atoms with Crippen molar-refractivity contribution in [3.05, 3.63) is 57.6 Å². The smallest absolute Gasteiger partial charge is 0.328 e. The number of aromatic nitrogens is 5. The van der Waals surface area contributed by atoms with Gasteiger partial charge in [0.15, 0.2) is 0 Å². The lowest BCUT2D eigenvalue weighted by molar-refractivity contribution is -0.0394. The Hall–Kier alpha value is -4.16. The van der Waals surface area contributed by atoms with E-state index in [1.165, 1.54) is 15.9 Å². The molecule has 196 valence electrons. The van der Waals surface area contributed by atoms with E-state index in [-0.39, 0.29) is 29.2 Å². The van der Waals surface area contributed by atoms with E-state index in [4.69, 9.17) is 10.5 Å². The van der Waals surface area contributed by atoms with E-state index in [0.717, 1.165) is 41.8 Å². The zero-order chi connectivity index (χ0) is 26.6. The Labute approximate surface area is 220 Å². The Morgan fingerprint density at radius 2 is 2.11 bits per heavy atom. The number of hydrogen-bond acceptors (Lipinski definition) is 6. The predicted molar refractivity (Wildman–Crippen MR) is 146 cm³/mol. The molecule has 4 N–H and O–H groups in total. The van der Waals surface area contributed by atoms with Crippen LogP contribution in [0, 0.1) is 0 Å². The molecule has 0 bridgehead atoms. The molecule has 0 saturated carbocycles. The number of rotatable bonds is 6. The minimum atomic E-state index is -0.685. The fourth-order valence-electron chi connectivity index (χ4n) is 5.09. The minimum absolute atomic E-state index is 0.0573. The Kier molecular flexibility index (Phi) is 5.92. The van der Waals surface area contributed by atoms with E-state index >= 15 is 0 Å². The van der Waals surface area contributed by atoms with Crippen molar-refractivity contribution in [3.63, 3.8) is 0 Å². The molecule has 1 fully saturated rings. The SMILES string of the molecule is CCn1c(=O)n(C)c2cc3c(C(N)=O)c(NC(=O)c4ccc(-c5cnn(C6CCCCO6)c5)s4)[nH]c3cc21. The number of carbonyl (C=O) groups excluding carboxylic acids is 2. The zero-order valence-corrected chi connectivity index (χ0v) is 21.8. The third-order valence-corrected chi connectivity index (χ3v) is 8.16. The molecule has 2 amide bonds. The summed E-state index contributed by atoms with van der Waals surface area (Å²) in [5.74, 6) is -0.834. The molecular formula is C26H27N7O4S. The molecule has 1 unspecified atom stereocenters. The number of nitrogens with one attached hydrogen (secondary N) is 2. The Morgan fingerprint density at radius 3 is 2.84 bits per heavy atom. The molecule has 1 aliphatic rings. The molecule has 38 heavy (non-hydrogen) atoms. The van der Waals surface area contributed by atoms with Gasteiger partial charge in [-0.2, -0.15) is 5.10 Å². The normalized spacial score (nSPS) is 15.9. The molecule has 11 nitrogen and oxygen atoms in total. The molecule has 0 aliphatic carbocycles. The van der Waals surface area contributed by atoms with Crippen LogP contribution < -0.4 is 16.7 Å². The molecule has 12 heteroatoms. The molecule has 1 saturated heterocycles. The molecule has 1 aromatic carbocycles. The van der Waals surface area contributed by atoms with E-state index in [1.807, 2.05) is 23.9 Å². The first-order chi connectivity index (χ1) is 18.4. The number of ether oxygens (including phenoxy) is 1. The van der Waals surface area contributed by atoms with Crippen LogP contribution in [0.3, 0.4) is 0 Å². The van der Waals surface area contributed by atoms with Crippen molar-refractivity contribution < 1.29 is 14.3 Å². The maximum Gasteiger partial charge on any atom is 0.328 e. The summed E-state index contributed by atoms with van der Waals surface area (Å²) < 4.78 is 10.8. The Balaban J connectivity index is 1.30. The Bertz CT molecular complexity index is 1760. The van der Waals surface area contributed by atoms with Gasteiger partial charge in [0.05, 0.1) is 33.2 Å². The molecular weight excluding hydrogens is 506 g/mol. The number of nitrogens with two attached hydrogens (primary N) is 1. The van der Waals surface area contributed by atoms with Gasteiger partial charge in [-0.3, -0.25) is 18.7 Å². The van der Waals surface area contributed by atoms with Crippen molar-refractivity contribution in [2.45, 2.75) is 39.0 Å². The van der Waals surface area contributed by atoms with Crippen molar-refractivity contribution in [1.82, 2.24) is 23.9 Å². The van der Waals surface area contributed by atoms with Gasteiger partial charge in [-0.1, -0.05) is 0 Å². The monoisotopic (exact) mass is 533 g/mol. The summed E-state index contributed by atoms with van der Waals surface area (Å²) in [6.07, 6.45) is 6.76. The van der Waals surface area contributed by atoms with Gasteiger partial charge >= 0.3 is 5.69 Å². The number of benzene rings is 1. The number of nitrogens with zero attached hydrogens (tertiary/aromatic N) is 4. The van der Waals surface area contributed by atoms with Crippen LogP contribution in [-0.4, -0.2) is 42.3 Å². The first-order valence-corrected chi connectivity index (χ1v) is 13.3. The molecule has 4 aromatic heterocycles. The molecule has 1 atom stereocenters. The molecule has 0 spiro atoms. The van der Waals surface area contributed by atoms with Gasteiger partial charge in [-0.15, -0.1) is 11.3 Å². The largest absolute Gasteiger partial charge is 0.365 e. The molecule has 5 aromatic rings. The minimum Gasteiger partial charge on any atom is -0.365 e. The molecule has 6 rings (SSSR count). The summed E-state index contributed by atoms with van der Waals surface area (Å²) in [7, 11) is 1.68. The highest BCUT2D eigenvalue weighted by Gasteiger charge is 2.23. The summed E-state index contributed by atoms with van der Waals surface area (Å²) in [6, 6.07) is 7.17. The number of primary amides is 1. The second-order valence-corrected chi connectivity index (χ2v) is 10.4. The fourth-order valence-corrected chi connectivity index (χ4v) is 5.97. The van der Waals surface area contributed by atoms with Gasteiger partial charge < -0.3 is 20.8 Å². The summed E-state index contributed by atoms with van der Waals surface area (Å²) in [5, 5.41) is 7.81. The average Bonchev–Trinajstić information content (AvgIpc) is 3.69. The topological polar surface area (TPSA) is 142 Å². The second-order valence-electron chi connectivity index (χ2n) is 9.36. The highest BCUT2D eigenvalue weighted by Crippen LogP contribution is 2.33. The number of hydrogen-bond donors (Lipinski definition) is 3. The quantitative estimate of drug-likeness (QED) is 0.304. The number of thiophene rings is 1. The highest BCUT2D eigenvalue weighted by atomic mass is 32.1. The van der Waals surface area contributed by atoms with Crippen molar-refractivity contribution in [2.24, 2.45) is 12.8 Å². The van der Waals surface area contributed by atoms with E-state index in [0.29, 0.717) is 27.8 Å². The predicted octanol–water partition coefficient (Wildman–Crippen LogP) is 3.82. The van der Waals surface area contributed by atoms with E-state index in [1.54, 1.807) is 36.0 Å². The van der Waals surface area contributed by atoms with Gasteiger partial charge in [-0.05, 0) is 50.5 Å². The summed E-state index contributed by atoms with van der Waals surface area (Å²) >= 11 is 1.33. The van der Waals surface area contributed by atoms with Crippen LogP contribution in [0.5, 0.6) is 0 Å². The Morgan fingerprint density at radius 1 is 1.26 bits per heavy atom. The highest BCUT2D eigenvalue weighted by molar-refractivity contribution is 7.17. The van der Waals surface area contributed by atoms with Crippen LogP contribution in [0.1, 0.15) is 52.4 Å². The van der Waals surface area contributed by atoms with Crippen molar-refractivity contribution in [1.29, 1.82) is 0 Å². The molecule has 5 heterocycles. The number of anilines is 1. The number of imidazole rings is 1. The average molecular weight is 534 g/mol. The van der Waals surface area contributed by atoms with Gasteiger partial charge in [-0.25, -0.2) is 9.48 Å². The van der Waals surface area contributed by atoms with Gasteiger partial charge in [0, 0.05) is 42.2 Å². The van der Waals surface area contributed by atoms with Gasteiger partial charge in [0.2, 0.25) is 0 Å². The van der Waals surface area contributed by atoms with Crippen LogP contribution >= 0.6 is 11.3 Å². The maximum absolute atomic E-state index is 13.2. The van der Waals surface area contributed by atoms with Crippen LogP contribution in [-0.2, 0) is 18.3 Å². The van der Waals surface area contributed by atoms with E-state index in [2.05, 4.69) is 15.4 Å². The van der Waals surface area contributed by atoms with Gasteiger partial charge in [0.25, 0.3) is 11.8 Å². The number of carbonyl (C=O) groups is 2. The zero-order valence-electron chi connectivity index (χ0n) is 21.0. The molecule has 0 radical (unpaired) electrons. The number of H-pyrrole nitrogens is 1. The lowest BCUT2D eigenvalue weighted by Crippen LogP contribution is -2.21. The van der Waals surface area contributed by atoms with Crippen LogP contribution in [0.4, 0.5) is 5.82 Å². The first kappa shape index (κ1) is 24.2. The van der Waals surface area contributed by atoms with Crippen LogP contribution in [0.25, 0.3) is 32.4 Å². The van der Waals surface area contributed by atoms with E-state index in [9.17, 15) is 14.4 Å².